The van der Waals surface area contributed by atoms with Gasteiger partial charge in [-0.1, -0.05) is 0 Å². The van der Waals surface area contributed by atoms with Gasteiger partial charge in [0, 0.05) is 13.1 Å². The van der Waals surface area contributed by atoms with Crippen LogP contribution in [0.4, 0.5) is 0 Å². The van der Waals surface area contributed by atoms with Gasteiger partial charge in [-0.15, -0.1) is 0 Å². The molecule has 15 nitrogen and oxygen atoms in total. The molecule has 1 fully saturated rings. The normalized spacial score (nSPS) is 18.0. The molecule has 0 unspecified atom stereocenters. The first-order valence-corrected chi connectivity index (χ1v) is 10.3. The summed E-state index contributed by atoms with van der Waals surface area (Å²) in [6.45, 7) is -0.425. The van der Waals surface area contributed by atoms with E-state index in [2.05, 4.69) is 15.6 Å². The van der Waals surface area contributed by atoms with E-state index in [9.17, 15) is 34.2 Å². The van der Waals surface area contributed by atoms with E-state index in [1.165, 1.54) is 0 Å². The molecule has 0 aromatic heterocycles. The van der Waals surface area contributed by atoms with Gasteiger partial charge in [0.05, 0.1) is 19.1 Å². The Hall–Kier alpha value is -3.46. The number of hydrogen-bond donors (Lipinski definition) is 8. The highest BCUT2D eigenvalue weighted by Crippen LogP contribution is 2.19. The van der Waals surface area contributed by atoms with E-state index in [-0.39, 0.29) is 31.9 Å². The maximum atomic E-state index is 12.9. The fourth-order valence-corrected chi connectivity index (χ4v) is 3.31. The van der Waals surface area contributed by atoms with Crippen molar-refractivity contribution in [1.29, 1.82) is 0 Å². The molecule has 1 rings (SSSR count). The number of carbonyl (C=O) groups excluding carboxylic acids is 4. The number of guanidine groups is 1. The van der Waals surface area contributed by atoms with Crippen LogP contribution in [0.15, 0.2) is 4.99 Å². The average molecular weight is 473 g/mol. The fourth-order valence-electron chi connectivity index (χ4n) is 3.31. The molecule has 1 aliphatic heterocycles. The summed E-state index contributed by atoms with van der Waals surface area (Å²) in [5, 5.41) is 23.6. The van der Waals surface area contributed by atoms with E-state index in [4.69, 9.17) is 22.9 Å². The van der Waals surface area contributed by atoms with Crippen molar-refractivity contribution in [3.63, 3.8) is 0 Å². The molecule has 0 bridgehead atoms. The maximum absolute atomic E-state index is 12.9. The molecule has 33 heavy (non-hydrogen) atoms. The Morgan fingerprint density at radius 3 is 2.30 bits per heavy atom. The molecule has 1 saturated heterocycles. The van der Waals surface area contributed by atoms with Gasteiger partial charge in [-0.05, 0) is 25.7 Å². The Morgan fingerprint density at radius 1 is 1.09 bits per heavy atom. The van der Waals surface area contributed by atoms with Crippen molar-refractivity contribution in [3.05, 3.63) is 0 Å². The summed E-state index contributed by atoms with van der Waals surface area (Å²) >= 11 is 0. The number of amides is 4. The van der Waals surface area contributed by atoms with E-state index in [1.807, 2.05) is 0 Å². The highest BCUT2D eigenvalue weighted by molar-refractivity contribution is 5.95. The molecule has 4 amide bonds. The number of nitrogens with one attached hydrogen (secondary N) is 2. The number of aliphatic hydroxyl groups excluding tert-OH is 1. The summed E-state index contributed by atoms with van der Waals surface area (Å²) < 4.78 is 0. The summed E-state index contributed by atoms with van der Waals surface area (Å²) in [4.78, 5) is 65.0. The summed E-state index contributed by atoms with van der Waals surface area (Å²) in [5.74, 6) is -4.49. The smallest absolute Gasteiger partial charge is 0.326 e. The molecule has 0 aromatic rings. The van der Waals surface area contributed by atoms with Crippen LogP contribution in [-0.4, -0.2) is 94.5 Å². The Morgan fingerprint density at radius 2 is 1.76 bits per heavy atom. The maximum Gasteiger partial charge on any atom is 0.326 e. The number of carboxylic acids is 1. The number of carboxylic acid groups (broad SMARTS) is 1. The van der Waals surface area contributed by atoms with Crippen molar-refractivity contribution in [3.8, 4) is 0 Å². The van der Waals surface area contributed by atoms with Gasteiger partial charge >= 0.3 is 5.97 Å². The number of hydrogen-bond acceptors (Lipinski definition) is 8. The zero-order valence-electron chi connectivity index (χ0n) is 18.1. The van der Waals surface area contributed by atoms with Crippen LogP contribution in [0.2, 0.25) is 0 Å². The Kier molecular flexibility index (Phi) is 11.0. The number of aliphatic carboxylic acids is 1. The number of primary amides is 1. The van der Waals surface area contributed by atoms with Crippen LogP contribution < -0.4 is 33.6 Å². The average Bonchev–Trinajstić information content (AvgIpc) is 3.22. The Balaban J connectivity index is 2.78. The lowest BCUT2D eigenvalue weighted by molar-refractivity contribution is -0.145. The molecule has 0 aromatic carbocycles. The van der Waals surface area contributed by atoms with E-state index >= 15 is 0 Å². The minimum atomic E-state index is -1.40. The molecule has 1 heterocycles. The minimum Gasteiger partial charge on any atom is -0.480 e. The van der Waals surface area contributed by atoms with Crippen molar-refractivity contribution >= 4 is 35.6 Å². The lowest BCUT2D eigenvalue weighted by atomic mass is 10.1. The second-order valence-corrected chi connectivity index (χ2v) is 7.56. The number of aliphatic imine (C=N–C) groups is 1. The van der Waals surface area contributed by atoms with Crippen LogP contribution in [0, 0.1) is 0 Å². The highest BCUT2D eigenvalue weighted by atomic mass is 16.4. The fraction of sp³-hybridized carbons (Fsp3) is 0.667. The van der Waals surface area contributed by atoms with Crippen molar-refractivity contribution < 1.29 is 34.2 Å². The van der Waals surface area contributed by atoms with Crippen molar-refractivity contribution in [2.24, 2.45) is 27.9 Å². The highest BCUT2D eigenvalue weighted by Gasteiger charge is 2.39. The first kappa shape index (κ1) is 27.6. The van der Waals surface area contributed by atoms with Gasteiger partial charge in [0.25, 0.3) is 0 Å². The summed E-state index contributed by atoms with van der Waals surface area (Å²) in [6.07, 6.45) is 0.634. The zero-order valence-corrected chi connectivity index (χ0v) is 18.1. The largest absolute Gasteiger partial charge is 0.480 e. The lowest BCUT2D eigenvalue weighted by Crippen LogP contribution is -2.58. The number of likely N-dealkylation sites (tertiary alicyclic amines) is 1. The molecule has 0 saturated carbocycles. The van der Waals surface area contributed by atoms with Crippen LogP contribution >= 0.6 is 0 Å². The number of nitrogens with zero attached hydrogens (tertiary/aromatic N) is 2. The second-order valence-electron chi connectivity index (χ2n) is 7.56. The minimum absolute atomic E-state index is 0.0611. The molecule has 15 heteroatoms. The Bertz CT molecular complexity index is 771. The predicted octanol–water partition coefficient (Wildman–Crippen LogP) is -4.72. The quantitative estimate of drug-likeness (QED) is 0.0720. The lowest BCUT2D eigenvalue weighted by Gasteiger charge is -2.29. The van der Waals surface area contributed by atoms with Crippen molar-refractivity contribution in [1.82, 2.24) is 15.5 Å². The first-order valence-electron chi connectivity index (χ1n) is 10.3. The number of carbonyl (C=O) groups is 5. The third-order valence-electron chi connectivity index (χ3n) is 4.95. The monoisotopic (exact) mass is 472 g/mol. The molecule has 186 valence electrons. The van der Waals surface area contributed by atoms with E-state index in [0.29, 0.717) is 12.8 Å². The third-order valence-corrected chi connectivity index (χ3v) is 4.95. The predicted molar refractivity (Wildman–Crippen MR) is 115 cm³/mol. The molecule has 0 radical (unpaired) electrons. The van der Waals surface area contributed by atoms with Gasteiger partial charge in [-0.25, -0.2) is 4.79 Å². The third kappa shape index (κ3) is 8.89. The Labute approximate surface area is 189 Å². The molecule has 4 atom stereocenters. The summed E-state index contributed by atoms with van der Waals surface area (Å²) in [6, 6.07) is -4.91. The van der Waals surface area contributed by atoms with Gasteiger partial charge in [0.1, 0.15) is 18.1 Å². The van der Waals surface area contributed by atoms with Crippen LogP contribution in [0.5, 0.6) is 0 Å². The molecular weight excluding hydrogens is 440 g/mol. The molecule has 0 aliphatic carbocycles. The van der Waals surface area contributed by atoms with Gasteiger partial charge in [-0.3, -0.25) is 24.2 Å². The van der Waals surface area contributed by atoms with Crippen molar-refractivity contribution in [2.75, 3.05) is 19.7 Å². The zero-order chi connectivity index (χ0) is 25.1. The number of nitrogens with two attached hydrogens (primary N) is 4. The van der Waals surface area contributed by atoms with Crippen LogP contribution in [-0.2, 0) is 24.0 Å². The topological polar surface area (TPSA) is 270 Å². The number of rotatable bonds is 13. The van der Waals surface area contributed by atoms with E-state index < -0.39 is 66.8 Å². The van der Waals surface area contributed by atoms with Crippen LogP contribution in [0.3, 0.4) is 0 Å². The second kappa shape index (κ2) is 13.2. The molecule has 1 aliphatic rings. The summed E-state index contributed by atoms with van der Waals surface area (Å²) in [5.41, 5.74) is 21.0. The van der Waals surface area contributed by atoms with Crippen LogP contribution in [0.25, 0.3) is 0 Å². The standard InChI is InChI=1S/C18H32N8O7/c19-9(7-13(20)28)14(29)25-11(8-27)16(31)26-6-2-4-12(26)15(30)24-10(17(32)33)3-1-5-23-18(21)22/h9-12,27H,1-8,19H2,(H2,20,28)(H,24,30)(H,25,29)(H,32,33)(H4,21,22,23)/t9-,10-,11-,12+/m0/s1. The van der Waals surface area contributed by atoms with Crippen LogP contribution in [0.1, 0.15) is 32.1 Å². The van der Waals surface area contributed by atoms with Gasteiger partial charge in [-0.2, -0.15) is 0 Å². The molecule has 0 spiro atoms. The SMILES string of the molecule is NC(=O)C[C@H](N)C(=O)N[C@@H](CO)C(=O)N1CCC[C@@H]1C(=O)N[C@@H](CCCN=C(N)N)C(=O)O. The number of aliphatic hydroxyl groups is 1. The first-order chi connectivity index (χ1) is 15.5. The van der Waals surface area contributed by atoms with Gasteiger partial charge in [0.15, 0.2) is 5.96 Å². The van der Waals surface area contributed by atoms with E-state index in [0.717, 1.165) is 4.90 Å². The van der Waals surface area contributed by atoms with Gasteiger partial charge in [0.2, 0.25) is 23.6 Å². The van der Waals surface area contributed by atoms with E-state index in [1.54, 1.807) is 0 Å². The van der Waals surface area contributed by atoms with Crippen molar-refractivity contribution in [2.45, 2.75) is 56.3 Å². The molecular formula is C18H32N8O7. The molecule has 12 N–H and O–H groups in total. The summed E-state index contributed by atoms with van der Waals surface area (Å²) in [7, 11) is 0. The van der Waals surface area contributed by atoms with Gasteiger partial charge < -0.3 is 48.7 Å².